The van der Waals surface area contributed by atoms with Gasteiger partial charge < -0.3 is 8.75 Å². The second kappa shape index (κ2) is 8.11. The second-order valence-corrected chi connectivity index (χ2v) is 10.5. The molecule has 8 nitrogen and oxygen atoms in total. The molecular formula is C14H14N3NaO5S3. The SMILES string of the molecule is Cn1c(=NNS(=O)(=O)S(=O)(=O)Oc2ccccc2)sc2ccccc21.[NaH]. The summed E-state index contributed by atoms with van der Waals surface area (Å²) < 4.78 is 55.1. The Morgan fingerprint density at radius 3 is 2.27 bits per heavy atom. The van der Waals surface area contributed by atoms with Gasteiger partial charge >= 0.3 is 47.8 Å². The number of hydrogen-bond donors (Lipinski definition) is 1. The molecule has 2 aromatic carbocycles. The van der Waals surface area contributed by atoms with Crippen LogP contribution in [0.25, 0.3) is 10.2 Å². The van der Waals surface area contributed by atoms with E-state index in [9.17, 15) is 16.8 Å². The van der Waals surface area contributed by atoms with Crippen LogP contribution in [-0.2, 0) is 25.3 Å². The number of fused-ring (bicyclic) bond motifs is 1. The number of aromatic nitrogens is 1. The molecule has 12 heteroatoms. The standard InChI is InChI=1S/C14H13N3O5S3.Na.H/c1-17-12-9-5-6-10-13(12)23-14(17)15-16-24(18,19)25(20,21)22-11-7-3-2-4-8-11;;/h2-10,16H,1H3;;. The predicted octanol–water partition coefficient (Wildman–Crippen LogP) is 0.650. The van der Waals surface area contributed by atoms with Crippen molar-refractivity contribution in [2.24, 2.45) is 12.1 Å². The van der Waals surface area contributed by atoms with Crippen molar-refractivity contribution >= 4 is 69.3 Å². The van der Waals surface area contributed by atoms with Gasteiger partial charge in [0.2, 0.25) is 4.80 Å². The second-order valence-electron chi connectivity index (χ2n) is 4.87. The first-order chi connectivity index (χ1) is 11.8. The van der Waals surface area contributed by atoms with Crippen LogP contribution in [0.3, 0.4) is 0 Å². The van der Waals surface area contributed by atoms with E-state index in [1.807, 2.05) is 24.3 Å². The molecule has 134 valence electrons. The summed E-state index contributed by atoms with van der Waals surface area (Å²) in [5.74, 6) is -0.111. The van der Waals surface area contributed by atoms with Crippen LogP contribution >= 0.6 is 11.3 Å². The molecule has 0 aliphatic carbocycles. The topological polar surface area (TPSA) is 107 Å². The van der Waals surface area contributed by atoms with Crippen molar-refractivity contribution in [2.75, 3.05) is 0 Å². The van der Waals surface area contributed by atoms with Gasteiger partial charge in [0.05, 0.1) is 10.2 Å². The van der Waals surface area contributed by atoms with E-state index in [0.717, 1.165) is 10.2 Å². The summed E-state index contributed by atoms with van der Waals surface area (Å²) in [6, 6.07) is 14.7. The molecule has 0 saturated carbocycles. The molecule has 0 amide bonds. The molecule has 0 saturated heterocycles. The summed E-state index contributed by atoms with van der Waals surface area (Å²) in [5.41, 5.74) is 0.842. The first kappa shape index (κ1) is 20.9. The molecule has 0 atom stereocenters. The van der Waals surface area contributed by atoms with Crippen LogP contribution in [0, 0.1) is 0 Å². The molecule has 1 aromatic heterocycles. The Morgan fingerprint density at radius 1 is 1.00 bits per heavy atom. The van der Waals surface area contributed by atoms with Gasteiger partial charge in [-0.25, -0.2) is 0 Å². The van der Waals surface area contributed by atoms with E-state index in [-0.39, 0.29) is 35.3 Å². The number of nitrogens with zero attached hydrogens (tertiary/aromatic N) is 2. The Hall–Kier alpha value is -1.37. The molecule has 0 aliphatic heterocycles. The molecule has 0 radical (unpaired) electrons. The van der Waals surface area contributed by atoms with Crippen molar-refractivity contribution in [2.45, 2.75) is 0 Å². The molecule has 0 spiro atoms. The summed E-state index contributed by atoms with van der Waals surface area (Å²) in [4.78, 5) is 2.00. The number of aryl methyl sites for hydroxylation is 1. The molecule has 1 heterocycles. The first-order valence-electron chi connectivity index (χ1n) is 6.90. The molecule has 0 bridgehead atoms. The number of hydrogen-bond acceptors (Lipinski definition) is 7. The van der Waals surface area contributed by atoms with E-state index in [0.29, 0.717) is 4.80 Å². The Morgan fingerprint density at radius 2 is 1.62 bits per heavy atom. The zero-order chi connectivity index (χ0) is 18.1. The summed E-state index contributed by atoms with van der Waals surface area (Å²) >= 11 is 1.21. The van der Waals surface area contributed by atoms with Crippen LogP contribution in [0.1, 0.15) is 0 Å². The van der Waals surface area contributed by atoms with Crippen LogP contribution in [0.2, 0.25) is 0 Å². The Labute approximate surface area is 176 Å². The molecular weight excluding hydrogens is 409 g/mol. The quantitative estimate of drug-likeness (QED) is 0.368. The maximum absolute atomic E-state index is 12.0. The summed E-state index contributed by atoms with van der Waals surface area (Å²) in [5, 5.41) is 3.71. The van der Waals surface area contributed by atoms with Crippen molar-refractivity contribution in [3.05, 3.63) is 59.4 Å². The van der Waals surface area contributed by atoms with E-state index in [2.05, 4.69) is 9.28 Å². The van der Waals surface area contributed by atoms with Crippen molar-refractivity contribution in [1.82, 2.24) is 9.40 Å². The van der Waals surface area contributed by atoms with Gasteiger partial charge in [0.15, 0.2) is 0 Å². The average molecular weight is 423 g/mol. The van der Waals surface area contributed by atoms with E-state index in [1.165, 1.54) is 35.6 Å². The van der Waals surface area contributed by atoms with Gasteiger partial charge in [0.25, 0.3) is 0 Å². The van der Waals surface area contributed by atoms with Gasteiger partial charge in [-0.05, 0) is 24.3 Å². The normalized spacial score (nSPS) is 12.6. The van der Waals surface area contributed by atoms with Crippen LogP contribution in [0.5, 0.6) is 5.75 Å². The van der Waals surface area contributed by atoms with Crippen molar-refractivity contribution < 1.29 is 21.0 Å². The fraction of sp³-hybridized carbons (Fsp3) is 0.0714. The summed E-state index contributed by atoms with van der Waals surface area (Å²) in [6.07, 6.45) is 0. The molecule has 3 aromatic rings. The maximum atomic E-state index is 12.0. The summed E-state index contributed by atoms with van der Waals surface area (Å²) in [7, 11) is -8.15. The third-order valence-corrected chi connectivity index (χ3v) is 7.58. The van der Waals surface area contributed by atoms with Crippen molar-refractivity contribution in [3.8, 4) is 5.75 Å². The van der Waals surface area contributed by atoms with Gasteiger partial charge in [-0.3, -0.25) is 0 Å². The van der Waals surface area contributed by atoms with E-state index in [1.54, 1.807) is 22.5 Å². The monoisotopic (exact) mass is 423 g/mol. The first-order valence-corrected chi connectivity index (χ1v) is 11.1. The number of para-hydroxylation sites is 2. The van der Waals surface area contributed by atoms with Gasteiger partial charge in [0.1, 0.15) is 5.75 Å². The number of thiazole rings is 1. The average Bonchev–Trinajstić information content (AvgIpc) is 2.90. The van der Waals surface area contributed by atoms with Gasteiger partial charge in [-0.15, -0.1) is 5.10 Å². The molecule has 1 N–H and O–H groups in total. The Kier molecular flexibility index (Phi) is 6.53. The minimum atomic E-state index is -4.96. The molecule has 0 fully saturated rings. The molecule has 26 heavy (non-hydrogen) atoms. The summed E-state index contributed by atoms with van der Waals surface area (Å²) in [6.45, 7) is 0. The van der Waals surface area contributed by atoms with Crippen molar-refractivity contribution in [3.63, 3.8) is 0 Å². The fourth-order valence-corrected chi connectivity index (χ4v) is 4.62. The Bertz CT molecular complexity index is 1190. The fourth-order valence-electron chi connectivity index (χ4n) is 1.97. The zero-order valence-corrected chi connectivity index (χ0v) is 15.3. The van der Waals surface area contributed by atoms with Crippen LogP contribution in [-0.4, -0.2) is 51.0 Å². The number of benzene rings is 2. The third kappa shape index (κ3) is 4.30. The van der Waals surface area contributed by atoms with E-state index < -0.39 is 18.2 Å². The van der Waals surface area contributed by atoms with Gasteiger partial charge in [-0.2, -0.15) is 21.7 Å². The zero-order valence-electron chi connectivity index (χ0n) is 12.9. The van der Waals surface area contributed by atoms with Crippen LogP contribution in [0.4, 0.5) is 0 Å². The van der Waals surface area contributed by atoms with E-state index >= 15 is 0 Å². The van der Waals surface area contributed by atoms with Crippen LogP contribution < -0.4 is 13.8 Å². The Balaban J connectivity index is 0.00000243. The van der Waals surface area contributed by atoms with Crippen LogP contribution in [0.15, 0.2) is 59.7 Å². The van der Waals surface area contributed by atoms with E-state index in [4.69, 9.17) is 0 Å². The predicted molar refractivity (Wildman–Crippen MR) is 102 cm³/mol. The van der Waals surface area contributed by atoms with Gasteiger partial charge in [0, 0.05) is 7.05 Å². The van der Waals surface area contributed by atoms with Crippen molar-refractivity contribution in [1.29, 1.82) is 0 Å². The third-order valence-electron chi connectivity index (χ3n) is 3.18. The minimum absolute atomic E-state index is 0. The molecule has 3 rings (SSSR count). The molecule has 0 unspecified atom stereocenters. The number of rotatable bonds is 5. The molecule has 0 aliphatic rings. The van der Waals surface area contributed by atoms with Gasteiger partial charge in [-0.1, -0.05) is 41.7 Å². The number of nitrogens with one attached hydrogen (secondary N) is 1.